The number of halogens is 1. The van der Waals surface area contributed by atoms with Gasteiger partial charge in [0.15, 0.2) is 0 Å². The molecule has 6 heteroatoms. The molecule has 1 unspecified atom stereocenters. The number of hydrogen-bond acceptors (Lipinski definition) is 3. The third-order valence-electron chi connectivity index (χ3n) is 5.16. The molecule has 1 aromatic rings. The van der Waals surface area contributed by atoms with Crippen LogP contribution in [0.1, 0.15) is 32.1 Å². The molecule has 1 saturated heterocycles. The van der Waals surface area contributed by atoms with Crippen molar-refractivity contribution >= 4 is 23.4 Å². The van der Waals surface area contributed by atoms with Crippen molar-refractivity contribution in [2.24, 2.45) is 5.92 Å². The first-order valence-electron chi connectivity index (χ1n) is 8.97. The minimum Gasteiger partial charge on any atom is -0.492 e. The Morgan fingerprint density at radius 1 is 1.28 bits per heavy atom. The zero-order valence-corrected chi connectivity index (χ0v) is 15.4. The predicted molar refractivity (Wildman–Crippen MR) is 96.7 cm³/mol. The summed E-state index contributed by atoms with van der Waals surface area (Å²) in [6.45, 7) is 1.48. The molecule has 3 rings (SSSR count). The van der Waals surface area contributed by atoms with Gasteiger partial charge in [0.05, 0.1) is 12.5 Å². The molecule has 0 spiro atoms. The van der Waals surface area contributed by atoms with E-state index in [2.05, 4.69) is 0 Å². The van der Waals surface area contributed by atoms with Gasteiger partial charge < -0.3 is 14.5 Å². The van der Waals surface area contributed by atoms with Crippen molar-refractivity contribution in [3.8, 4) is 5.75 Å². The van der Waals surface area contributed by atoms with Gasteiger partial charge in [0.2, 0.25) is 11.8 Å². The van der Waals surface area contributed by atoms with E-state index >= 15 is 0 Å². The van der Waals surface area contributed by atoms with Crippen LogP contribution < -0.4 is 4.74 Å². The SMILES string of the molecule is CN(CCOc1ccc(Cl)cc1)C(=O)C1CC(=O)N(C2CCCC2)C1. The second-order valence-corrected chi connectivity index (χ2v) is 7.38. The lowest BCUT2D eigenvalue weighted by Gasteiger charge is -2.25. The third kappa shape index (κ3) is 4.46. The maximum absolute atomic E-state index is 12.6. The summed E-state index contributed by atoms with van der Waals surface area (Å²) < 4.78 is 5.64. The lowest BCUT2D eigenvalue weighted by molar-refractivity contribution is -0.135. The fourth-order valence-electron chi connectivity index (χ4n) is 3.72. The van der Waals surface area contributed by atoms with Crippen LogP contribution in [-0.2, 0) is 9.59 Å². The van der Waals surface area contributed by atoms with E-state index in [1.807, 2.05) is 4.90 Å². The molecule has 0 N–H and O–H groups in total. The monoisotopic (exact) mass is 364 g/mol. The van der Waals surface area contributed by atoms with Gasteiger partial charge in [-0.2, -0.15) is 0 Å². The Morgan fingerprint density at radius 3 is 2.64 bits per heavy atom. The average molecular weight is 365 g/mol. The third-order valence-corrected chi connectivity index (χ3v) is 5.41. The van der Waals surface area contributed by atoms with E-state index in [-0.39, 0.29) is 17.7 Å². The molecule has 1 saturated carbocycles. The zero-order valence-electron chi connectivity index (χ0n) is 14.6. The first kappa shape index (κ1) is 18.1. The van der Waals surface area contributed by atoms with Crippen molar-refractivity contribution in [1.29, 1.82) is 0 Å². The molecular weight excluding hydrogens is 340 g/mol. The normalized spacial score (nSPS) is 21.0. The number of hydrogen-bond donors (Lipinski definition) is 0. The number of rotatable bonds is 6. The van der Waals surface area contributed by atoms with E-state index in [1.165, 1.54) is 12.8 Å². The predicted octanol–water partition coefficient (Wildman–Crippen LogP) is 2.97. The van der Waals surface area contributed by atoms with Gasteiger partial charge >= 0.3 is 0 Å². The highest BCUT2D eigenvalue weighted by atomic mass is 35.5. The summed E-state index contributed by atoms with van der Waals surface area (Å²) in [5, 5.41) is 0.664. The molecule has 5 nitrogen and oxygen atoms in total. The van der Waals surface area contributed by atoms with Gasteiger partial charge in [0.25, 0.3) is 0 Å². The van der Waals surface area contributed by atoms with Crippen molar-refractivity contribution in [3.05, 3.63) is 29.3 Å². The Kier molecular flexibility index (Phi) is 5.84. The Balaban J connectivity index is 1.45. The van der Waals surface area contributed by atoms with Crippen LogP contribution in [0, 0.1) is 5.92 Å². The largest absolute Gasteiger partial charge is 0.492 e. The highest BCUT2D eigenvalue weighted by molar-refractivity contribution is 6.30. The standard InChI is InChI=1S/C19H25ClN2O3/c1-21(10-11-25-17-8-6-15(20)7-9-17)19(24)14-12-18(23)22(13-14)16-4-2-3-5-16/h6-9,14,16H,2-5,10-13H2,1H3. The molecular formula is C19H25ClN2O3. The summed E-state index contributed by atoms with van der Waals surface area (Å²) in [4.78, 5) is 28.5. The van der Waals surface area contributed by atoms with Crippen LogP contribution in [0.25, 0.3) is 0 Å². The molecule has 2 amide bonds. The Labute approximate surface area is 153 Å². The van der Waals surface area contributed by atoms with E-state index in [0.29, 0.717) is 37.2 Å². The molecule has 1 heterocycles. The average Bonchev–Trinajstić information content (AvgIpc) is 3.25. The molecule has 1 aliphatic heterocycles. The number of likely N-dealkylation sites (N-methyl/N-ethyl adjacent to an activating group) is 1. The molecule has 1 aromatic carbocycles. The fraction of sp³-hybridized carbons (Fsp3) is 0.579. The molecule has 1 atom stereocenters. The van der Waals surface area contributed by atoms with Crippen LogP contribution in [0.5, 0.6) is 5.75 Å². The molecule has 2 aliphatic rings. The Hall–Kier alpha value is -1.75. The fourth-order valence-corrected chi connectivity index (χ4v) is 3.84. The second-order valence-electron chi connectivity index (χ2n) is 6.95. The van der Waals surface area contributed by atoms with Crippen molar-refractivity contribution in [2.75, 3.05) is 26.7 Å². The summed E-state index contributed by atoms with van der Waals surface area (Å²) >= 11 is 5.84. The van der Waals surface area contributed by atoms with Crippen molar-refractivity contribution in [3.63, 3.8) is 0 Å². The lowest BCUT2D eigenvalue weighted by atomic mass is 10.1. The summed E-state index contributed by atoms with van der Waals surface area (Å²) in [7, 11) is 1.77. The molecule has 136 valence electrons. The number of ether oxygens (including phenoxy) is 1. The smallest absolute Gasteiger partial charge is 0.227 e. The van der Waals surface area contributed by atoms with Crippen LogP contribution in [0.2, 0.25) is 5.02 Å². The summed E-state index contributed by atoms with van der Waals surface area (Å²) in [5.74, 6) is 0.687. The minimum atomic E-state index is -0.214. The zero-order chi connectivity index (χ0) is 17.8. The molecule has 25 heavy (non-hydrogen) atoms. The number of carbonyl (C=O) groups excluding carboxylic acids is 2. The van der Waals surface area contributed by atoms with Crippen molar-refractivity contribution < 1.29 is 14.3 Å². The van der Waals surface area contributed by atoms with E-state index < -0.39 is 0 Å². The first-order valence-corrected chi connectivity index (χ1v) is 9.35. The number of benzene rings is 1. The Bertz CT molecular complexity index is 614. The first-order chi connectivity index (χ1) is 12.0. The summed E-state index contributed by atoms with van der Waals surface area (Å²) in [6, 6.07) is 7.50. The molecule has 0 radical (unpaired) electrons. The highest BCUT2D eigenvalue weighted by Gasteiger charge is 2.39. The number of nitrogens with zero attached hydrogens (tertiary/aromatic N) is 2. The van der Waals surface area contributed by atoms with Crippen molar-refractivity contribution in [2.45, 2.75) is 38.1 Å². The van der Waals surface area contributed by atoms with Gasteiger partial charge in [0, 0.05) is 31.1 Å². The maximum Gasteiger partial charge on any atom is 0.227 e. The molecule has 0 aromatic heterocycles. The van der Waals surface area contributed by atoms with E-state index in [9.17, 15) is 9.59 Å². The van der Waals surface area contributed by atoms with Crippen LogP contribution in [0.15, 0.2) is 24.3 Å². The van der Waals surface area contributed by atoms with E-state index in [0.717, 1.165) is 18.6 Å². The van der Waals surface area contributed by atoms with Gasteiger partial charge in [0.1, 0.15) is 12.4 Å². The van der Waals surface area contributed by atoms with Crippen LogP contribution in [-0.4, -0.2) is 54.4 Å². The Morgan fingerprint density at radius 2 is 1.96 bits per heavy atom. The lowest BCUT2D eigenvalue weighted by Crippen LogP contribution is -2.38. The van der Waals surface area contributed by atoms with Crippen LogP contribution in [0.4, 0.5) is 0 Å². The van der Waals surface area contributed by atoms with Gasteiger partial charge in [-0.05, 0) is 37.1 Å². The summed E-state index contributed by atoms with van der Waals surface area (Å²) in [5.41, 5.74) is 0. The molecule has 1 aliphatic carbocycles. The van der Waals surface area contributed by atoms with Gasteiger partial charge in [-0.3, -0.25) is 9.59 Å². The topological polar surface area (TPSA) is 49.9 Å². The highest BCUT2D eigenvalue weighted by Crippen LogP contribution is 2.30. The number of likely N-dealkylation sites (tertiary alicyclic amines) is 1. The quantitative estimate of drug-likeness (QED) is 0.779. The minimum absolute atomic E-state index is 0.0357. The summed E-state index contributed by atoms with van der Waals surface area (Å²) in [6.07, 6.45) is 4.89. The maximum atomic E-state index is 12.6. The molecule has 0 bridgehead atoms. The van der Waals surface area contributed by atoms with E-state index in [1.54, 1.807) is 36.2 Å². The number of amides is 2. The second kappa shape index (κ2) is 8.09. The van der Waals surface area contributed by atoms with Crippen LogP contribution >= 0.6 is 11.6 Å². The van der Waals surface area contributed by atoms with Gasteiger partial charge in [-0.1, -0.05) is 24.4 Å². The van der Waals surface area contributed by atoms with Crippen molar-refractivity contribution in [1.82, 2.24) is 9.80 Å². The van der Waals surface area contributed by atoms with Gasteiger partial charge in [-0.15, -0.1) is 0 Å². The number of carbonyl (C=O) groups is 2. The van der Waals surface area contributed by atoms with Crippen LogP contribution in [0.3, 0.4) is 0 Å². The van der Waals surface area contributed by atoms with E-state index in [4.69, 9.17) is 16.3 Å². The molecule has 2 fully saturated rings. The van der Waals surface area contributed by atoms with Gasteiger partial charge in [-0.25, -0.2) is 0 Å².